The SMILES string of the molecule is CC(C)(C)NCc1ccn(Cc2c(F)ccc(Br)c2F)c1. The Morgan fingerprint density at radius 1 is 1.19 bits per heavy atom. The van der Waals surface area contributed by atoms with Crippen LogP contribution in [0.25, 0.3) is 0 Å². The molecule has 1 N–H and O–H groups in total. The summed E-state index contributed by atoms with van der Waals surface area (Å²) in [5.74, 6) is -1.07. The van der Waals surface area contributed by atoms with Crippen molar-refractivity contribution >= 4 is 15.9 Å². The first-order valence-electron chi connectivity index (χ1n) is 6.78. The van der Waals surface area contributed by atoms with Gasteiger partial charge in [0.05, 0.1) is 11.0 Å². The average molecular weight is 357 g/mol. The molecule has 0 spiro atoms. The van der Waals surface area contributed by atoms with Crippen molar-refractivity contribution in [3.8, 4) is 0 Å². The molecule has 114 valence electrons. The van der Waals surface area contributed by atoms with Gasteiger partial charge in [-0.3, -0.25) is 0 Å². The molecule has 0 radical (unpaired) electrons. The Kier molecular flexibility index (Phi) is 4.84. The molecular weight excluding hydrogens is 338 g/mol. The molecule has 0 aliphatic heterocycles. The summed E-state index contributed by atoms with van der Waals surface area (Å²) in [6.45, 7) is 7.18. The third-order valence-corrected chi connectivity index (χ3v) is 3.73. The molecule has 0 bridgehead atoms. The molecule has 0 amide bonds. The van der Waals surface area contributed by atoms with Crippen LogP contribution < -0.4 is 5.32 Å². The zero-order valence-electron chi connectivity index (χ0n) is 12.4. The molecule has 1 heterocycles. The second-order valence-electron chi connectivity index (χ2n) is 6.12. The lowest BCUT2D eigenvalue weighted by molar-refractivity contribution is 0.424. The van der Waals surface area contributed by atoms with E-state index in [0.29, 0.717) is 0 Å². The van der Waals surface area contributed by atoms with Crippen LogP contribution >= 0.6 is 15.9 Å². The molecule has 0 fully saturated rings. The Labute approximate surface area is 132 Å². The minimum Gasteiger partial charge on any atom is -0.349 e. The number of rotatable bonds is 4. The van der Waals surface area contributed by atoms with Crippen LogP contribution in [0.3, 0.4) is 0 Å². The fourth-order valence-electron chi connectivity index (χ4n) is 1.96. The third kappa shape index (κ3) is 4.38. The van der Waals surface area contributed by atoms with Crippen molar-refractivity contribution < 1.29 is 8.78 Å². The topological polar surface area (TPSA) is 17.0 Å². The molecular formula is C16H19BrF2N2. The van der Waals surface area contributed by atoms with Crippen molar-refractivity contribution in [1.29, 1.82) is 0 Å². The lowest BCUT2D eigenvalue weighted by Crippen LogP contribution is -2.34. The van der Waals surface area contributed by atoms with E-state index in [4.69, 9.17) is 0 Å². The van der Waals surface area contributed by atoms with E-state index in [-0.39, 0.29) is 22.1 Å². The molecule has 2 aromatic rings. The van der Waals surface area contributed by atoms with Crippen molar-refractivity contribution in [1.82, 2.24) is 9.88 Å². The highest BCUT2D eigenvalue weighted by molar-refractivity contribution is 9.10. The number of nitrogens with one attached hydrogen (secondary N) is 1. The van der Waals surface area contributed by atoms with Crippen molar-refractivity contribution in [2.75, 3.05) is 0 Å². The maximum atomic E-state index is 13.9. The summed E-state index contributed by atoms with van der Waals surface area (Å²) in [6, 6.07) is 4.60. The van der Waals surface area contributed by atoms with Crippen molar-refractivity contribution in [3.05, 3.63) is 57.8 Å². The van der Waals surface area contributed by atoms with E-state index in [9.17, 15) is 8.78 Å². The van der Waals surface area contributed by atoms with Gasteiger partial charge in [-0.1, -0.05) is 0 Å². The smallest absolute Gasteiger partial charge is 0.145 e. The van der Waals surface area contributed by atoms with Crippen molar-refractivity contribution in [2.45, 2.75) is 39.4 Å². The van der Waals surface area contributed by atoms with E-state index in [2.05, 4.69) is 42.0 Å². The molecule has 0 saturated carbocycles. The summed E-state index contributed by atoms with van der Waals surface area (Å²) < 4.78 is 29.8. The molecule has 0 aliphatic rings. The first kappa shape index (κ1) is 16.2. The second kappa shape index (κ2) is 6.28. The van der Waals surface area contributed by atoms with Gasteiger partial charge in [-0.25, -0.2) is 8.78 Å². The Bertz CT molecular complexity index is 630. The summed E-state index contributed by atoms with van der Waals surface area (Å²) in [5, 5.41) is 3.38. The molecule has 0 aliphatic carbocycles. The number of hydrogen-bond acceptors (Lipinski definition) is 1. The van der Waals surface area contributed by atoms with Gasteiger partial charge in [0.15, 0.2) is 0 Å². The largest absolute Gasteiger partial charge is 0.349 e. The van der Waals surface area contributed by atoms with Gasteiger partial charge in [0, 0.05) is 30.0 Å². The van der Waals surface area contributed by atoms with Gasteiger partial charge in [-0.2, -0.15) is 0 Å². The van der Waals surface area contributed by atoms with E-state index in [1.807, 2.05) is 18.5 Å². The fraction of sp³-hybridized carbons (Fsp3) is 0.375. The Morgan fingerprint density at radius 2 is 1.90 bits per heavy atom. The Morgan fingerprint density at radius 3 is 2.57 bits per heavy atom. The fourth-order valence-corrected chi connectivity index (χ4v) is 2.33. The summed E-state index contributed by atoms with van der Waals surface area (Å²) in [4.78, 5) is 0. The van der Waals surface area contributed by atoms with Gasteiger partial charge in [-0.05, 0) is 60.5 Å². The van der Waals surface area contributed by atoms with Crippen LogP contribution in [0.4, 0.5) is 8.78 Å². The van der Waals surface area contributed by atoms with Gasteiger partial charge >= 0.3 is 0 Å². The molecule has 1 aromatic heterocycles. The highest BCUT2D eigenvalue weighted by Gasteiger charge is 2.13. The summed E-state index contributed by atoms with van der Waals surface area (Å²) in [6.07, 6.45) is 3.73. The number of benzene rings is 1. The monoisotopic (exact) mass is 356 g/mol. The second-order valence-corrected chi connectivity index (χ2v) is 6.97. The quantitative estimate of drug-likeness (QED) is 0.800. The molecule has 21 heavy (non-hydrogen) atoms. The van der Waals surface area contributed by atoms with Crippen LogP contribution in [0.5, 0.6) is 0 Å². The number of aromatic nitrogens is 1. The molecule has 2 nitrogen and oxygen atoms in total. The number of nitrogens with zero attached hydrogens (tertiary/aromatic N) is 1. The van der Waals surface area contributed by atoms with E-state index >= 15 is 0 Å². The standard InChI is InChI=1S/C16H19BrF2N2/c1-16(2,3)20-8-11-6-7-21(9-11)10-12-14(18)5-4-13(17)15(12)19/h4-7,9,20H,8,10H2,1-3H3. The summed E-state index contributed by atoms with van der Waals surface area (Å²) in [7, 11) is 0. The minimum absolute atomic E-state index is 0.0324. The van der Waals surface area contributed by atoms with E-state index in [0.717, 1.165) is 12.1 Å². The molecule has 1 aromatic carbocycles. The maximum absolute atomic E-state index is 13.9. The molecule has 0 saturated heterocycles. The van der Waals surface area contributed by atoms with Crippen molar-refractivity contribution in [2.24, 2.45) is 0 Å². The summed E-state index contributed by atoms with van der Waals surface area (Å²) >= 11 is 3.08. The van der Waals surface area contributed by atoms with Crippen LogP contribution in [0.15, 0.2) is 35.1 Å². The van der Waals surface area contributed by atoms with Gasteiger partial charge in [0.1, 0.15) is 11.6 Å². The summed E-state index contributed by atoms with van der Waals surface area (Å²) in [5.41, 5.74) is 1.18. The molecule has 0 atom stereocenters. The van der Waals surface area contributed by atoms with Crippen LogP contribution in [-0.4, -0.2) is 10.1 Å². The first-order valence-corrected chi connectivity index (χ1v) is 7.57. The van der Waals surface area contributed by atoms with E-state index in [1.165, 1.54) is 12.1 Å². The van der Waals surface area contributed by atoms with E-state index < -0.39 is 11.6 Å². The van der Waals surface area contributed by atoms with Gasteiger partial charge in [0.25, 0.3) is 0 Å². The van der Waals surface area contributed by atoms with Gasteiger partial charge < -0.3 is 9.88 Å². The minimum atomic E-state index is -0.543. The van der Waals surface area contributed by atoms with Crippen molar-refractivity contribution in [3.63, 3.8) is 0 Å². The highest BCUT2D eigenvalue weighted by Crippen LogP contribution is 2.22. The van der Waals surface area contributed by atoms with Gasteiger partial charge in [-0.15, -0.1) is 0 Å². The van der Waals surface area contributed by atoms with Gasteiger partial charge in [0.2, 0.25) is 0 Å². The van der Waals surface area contributed by atoms with Crippen LogP contribution in [-0.2, 0) is 13.1 Å². The number of hydrogen-bond donors (Lipinski definition) is 1. The lowest BCUT2D eigenvalue weighted by atomic mass is 10.1. The molecule has 2 rings (SSSR count). The molecule has 0 unspecified atom stereocenters. The maximum Gasteiger partial charge on any atom is 0.145 e. The van der Waals surface area contributed by atoms with E-state index in [1.54, 1.807) is 4.57 Å². The zero-order chi connectivity index (χ0) is 15.6. The lowest BCUT2D eigenvalue weighted by Gasteiger charge is -2.19. The van der Waals surface area contributed by atoms with Crippen LogP contribution in [0.2, 0.25) is 0 Å². The Hall–Kier alpha value is -1.20. The average Bonchev–Trinajstić information content (AvgIpc) is 2.84. The number of halogens is 3. The zero-order valence-corrected chi connectivity index (χ0v) is 14.0. The predicted molar refractivity (Wildman–Crippen MR) is 84.2 cm³/mol. The third-order valence-electron chi connectivity index (χ3n) is 3.11. The Balaban J connectivity index is 2.11. The predicted octanol–water partition coefficient (Wildman–Crippen LogP) is 4.47. The van der Waals surface area contributed by atoms with Crippen LogP contribution in [0.1, 0.15) is 31.9 Å². The normalized spacial score (nSPS) is 11.9. The highest BCUT2D eigenvalue weighted by atomic mass is 79.9. The molecule has 5 heteroatoms. The first-order chi connectivity index (χ1) is 9.76. The van der Waals surface area contributed by atoms with Crippen LogP contribution in [0, 0.1) is 11.6 Å².